The molecule has 0 aromatic carbocycles. The molecule has 0 heterocycles. The smallest absolute Gasteiger partial charge is 0.0543 e. The van der Waals surface area contributed by atoms with Crippen molar-refractivity contribution in [1.29, 1.82) is 0 Å². The maximum absolute atomic E-state index is 10.2. The predicted octanol–water partition coefficient (Wildman–Crippen LogP) is 7.16. The van der Waals surface area contributed by atoms with Crippen LogP contribution < -0.4 is 0 Å². The first-order valence-electron chi connectivity index (χ1n) is 12.2. The molecule has 0 bridgehead atoms. The van der Waals surface area contributed by atoms with Gasteiger partial charge >= 0.3 is 0 Å². The van der Waals surface area contributed by atoms with E-state index >= 15 is 0 Å². The van der Waals surface area contributed by atoms with E-state index in [9.17, 15) is 5.11 Å². The highest BCUT2D eigenvalue weighted by molar-refractivity contribution is 5.11. The lowest BCUT2D eigenvalue weighted by atomic mass is 9.44. The van der Waals surface area contributed by atoms with Crippen molar-refractivity contribution in [2.24, 2.45) is 46.3 Å². The molecule has 1 heteroatoms. The van der Waals surface area contributed by atoms with Gasteiger partial charge in [-0.15, -0.1) is 0 Å². The predicted molar refractivity (Wildman–Crippen MR) is 119 cm³/mol. The Morgan fingerprint density at radius 3 is 2.50 bits per heavy atom. The van der Waals surface area contributed by atoms with Crippen LogP contribution in [0.25, 0.3) is 0 Å². The van der Waals surface area contributed by atoms with Crippen molar-refractivity contribution < 1.29 is 5.11 Å². The molecule has 0 amide bonds. The Labute approximate surface area is 174 Å². The Kier molecular flexibility index (Phi) is 5.62. The third-order valence-corrected chi connectivity index (χ3v) is 10.3. The molecule has 4 aliphatic carbocycles. The van der Waals surface area contributed by atoms with E-state index in [0.717, 1.165) is 48.9 Å². The van der Waals surface area contributed by atoms with Gasteiger partial charge in [-0.2, -0.15) is 0 Å². The largest absolute Gasteiger partial charge is 0.393 e. The lowest BCUT2D eigenvalue weighted by Crippen LogP contribution is -2.54. The van der Waals surface area contributed by atoms with Gasteiger partial charge in [0.2, 0.25) is 0 Å². The van der Waals surface area contributed by atoms with Crippen LogP contribution in [0.15, 0.2) is 24.3 Å². The van der Waals surface area contributed by atoms with Crippen molar-refractivity contribution in [3.05, 3.63) is 24.3 Å². The van der Waals surface area contributed by atoms with Crippen LogP contribution in [-0.2, 0) is 0 Å². The summed E-state index contributed by atoms with van der Waals surface area (Å²) in [4.78, 5) is 0. The molecule has 0 aliphatic heterocycles. The molecule has 0 saturated heterocycles. The van der Waals surface area contributed by atoms with Gasteiger partial charge in [0.1, 0.15) is 0 Å². The molecule has 28 heavy (non-hydrogen) atoms. The van der Waals surface area contributed by atoms with Gasteiger partial charge in [-0.1, -0.05) is 45.1 Å². The van der Waals surface area contributed by atoms with Gasteiger partial charge in [-0.25, -0.2) is 0 Å². The second-order valence-electron chi connectivity index (χ2n) is 11.8. The van der Waals surface area contributed by atoms with Gasteiger partial charge in [-0.3, -0.25) is 0 Å². The van der Waals surface area contributed by atoms with Crippen molar-refractivity contribution in [2.75, 3.05) is 0 Å². The van der Waals surface area contributed by atoms with Gasteiger partial charge in [0, 0.05) is 0 Å². The van der Waals surface area contributed by atoms with Gasteiger partial charge in [0.05, 0.1) is 6.10 Å². The number of allylic oxidation sites excluding steroid dienone is 3. The number of fused-ring (bicyclic) bond motifs is 5. The van der Waals surface area contributed by atoms with Crippen molar-refractivity contribution in [3.8, 4) is 0 Å². The van der Waals surface area contributed by atoms with E-state index in [0.29, 0.717) is 16.7 Å². The molecule has 0 aromatic heterocycles. The first kappa shape index (κ1) is 20.7. The Hall–Kier alpha value is -0.560. The normalized spacial score (nSPS) is 49.3. The molecule has 4 rings (SSSR count). The molecule has 5 unspecified atom stereocenters. The van der Waals surface area contributed by atoms with Crippen molar-refractivity contribution in [2.45, 2.75) is 98.0 Å². The summed E-state index contributed by atoms with van der Waals surface area (Å²) in [7, 11) is 0. The van der Waals surface area contributed by atoms with Gasteiger partial charge in [0.25, 0.3) is 0 Å². The molecule has 1 N–H and O–H groups in total. The third-order valence-electron chi connectivity index (χ3n) is 10.3. The summed E-state index contributed by atoms with van der Waals surface area (Å²) in [5.74, 6) is 5.15. The third kappa shape index (κ3) is 3.34. The highest BCUT2D eigenvalue weighted by Gasteiger charge is 2.60. The summed E-state index contributed by atoms with van der Waals surface area (Å²) in [6, 6.07) is 0. The minimum atomic E-state index is -0.0221. The van der Waals surface area contributed by atoms with Crippen molar-refractivity contribution >= 4 is 0 Å². The zero-order valence-electron chi connectivity index (χ0n) is 18.9. The van der Waals surface area contributed by atoms with Crippen LogP contribution in [0.3, 0.4) is 0 Å². The lowest BCUT2D eigenvalue weighted by Gasteiger charge is -2.61. The first-order chi connectivity index (χ1) is 13.3. The van der Waals surface area contributed by atoms with Gasteiger partial charge < -0.3 is 5.11 Å². The van der Waals surface area contributed by atoms with E-state index in [1.165, 1.54) is 50.5 Å². The number of rotatable bonds is 4. The topological polar surface area (TPSA) is 20.2 Å². The molecule has 4 saturated carbocycles. The van der Waals surface area contributed by atoms with Crippen molar-refractivity contribution in [3.63, 3.8) is 0 Å². The zero-order chi connectivity index (χ0) is 20.1. The monoisotopic (exact) mass is 384 g/mol. The summed E-state index contributed by atoms with van der Waals surface area (Å²) in [5.41, 5.74) is 2.32. The van der Waals surface area contributed by atoms with Gasteiger partial charge in [0.15, 0.2) is 0 Å². The lowest BCUT2D eigenvalue weighted by molar-refractivity contribution is -0.128. The second kappa shape index (κ2) is 7.60. The fourth-order valence-corrected chi connectivity index (χ4v) is 8.76. The molecule has 4 fully saturated rings. The maximum atomic E-state index is 10.2. The molecule has 158 valence electrons. The summed E-state index contributed by atoms with van der Waals surface area (Å²) in [6.45, 7) is 13.9. The van der Waals surface area contributed by atoms with E-state index in [1.54, 1.807) is 0 Å². The maximum Gasteiger partial charge on any atom is 0.0543 e. The quantitative estimate of drug-likeness (QED) is 0.510. The van der Waals surface area contributed by atoms with Crippen LogP contribution in [0.2, 0.25) is 0 Å². The van der Waals surface area contributed by atoms with E-state index in [2.05, 4.69) is 46.4 Å². The molecule has 0 aromatic rings. The van der Waals surface area contributed by atoms with Crippen LogP contribution in [0.1, 0.15) is 91.9 Å². The molecule has 0 radical (unpaired) electrons. The molecule has 1 nitrogen and oxygen atoms in total. The summed E-state index contributed by atoms with van der Waals surface area (Å²) < 4.78 is 0. The average molecular weight is 385 g/mol. The minimum Gasteiger partial charge on any atom is -0.393 e. The molecular weight excluding hydrogens is 340 g/mol. The Bertz CT molecular complexity index is 620. The average Bonchev–Trinajstić information content (AvgIpc) is 2.99. The Morgan fingerprint density at radius 1 is 1.04 bits per heavy atom. The fourth-order valence-electron chi connectivity index (χ4n) is 8.76. The van der Waals surface area contributed by atoms with E-state index in [4.69, 9.17) is 0 Å². The van der Waals surface area contributed by atoms with Gasteiger partial charge in [-0.05, 0) is 117 Å². The first-order valence-corrected chi connectivity index (χ1v) is 12.2. The van der Waals surface area contributed by atoms with Crippen LogP contribution >= 0.6 is 0 Å². The number of aliphatic hydroxyl groups is 1. The second-order valence-corrected chi connectivity index (χ2v) is 11.8. The zero-order valence-corrected chi connectivity index (χ0v) is 18.9. The van der Waals surface area contributed by atoms with Crippen LogP contribution in [0, 0.1) is 46.3 Å². The Morgan fingerprint density at radius 2 is 1.75 bits per heavy atom. The highest BCUT2D eigenvalue weighted by Crippen LogP contribution is 2.68. The van der Waals surface area contributed by atoms with E-state index in [-0.39, 0.29) is 6.10 Å². The van der Waals surface area contributed by atoms with Crippen LogP contribution in [-0.4, -0.2) is 11.2 Å². The fraction of sp³-hybridized carbons (Fsp3) is 0.852. The standard InChI is InChI=1S/C27H44O/c1-18(2)7-6-8-19(3)23-11-12-24-22-10-9-20-17-21(28)13-15-26(20,4)25(22)14-16-27(23,24)5/h6,8,19-25,28H,1,7,9-17H2,2-5H3/b8-6+/t19?,20-,21-,22?,23?,24?,25?,26-,27+/m0/s1. The summed E-state index contributed by atoms with van der Waals surface area (Å²) >= 11 is 0. The number of hydrogen-bond donors (Lipinski definition) is 1. The van der Waals surface area contributed by atoms with Crippen molar-refractivity contribution in [1.82, 2.24) is 0 Å². The highest BCUT2D eigenvalue weighted by atomic mass is 16.3. The molecule has 4 aliphatic rings. The molecular formula is C27H44O. The van der Waals surface area contributed by atoms with E-state index in [1.807, 2.05) is 0 Å². The number of hydrogen-bond acceptors (Lipinski definition) is 1. The minimum absolute atomic E-state index is 0.0221. The molecule has 0 spiro atoms. The summed E-state index contributed by atoms with van der Waals surface area (Å²) in [5, 5.41) is 10.2. The number of aliphatic hydroxyl groups excluding tert-OH is 1. The summed E-state index contributed by atoms with van der Waals surface area (Å²) in [6.07, 6.45) is 17.9. The van der Waals surface area contributed by atoms with Crippen LogP contribution in [0.5, 0.6) is 0 Å². The SMILES string of the molecule is C=C(C)C/C=C/C(C)C1CCC2C3CC[C@H]4C[C@@H](O)CC[C@]4(C)C3CC[C@]12C. The van der Waals surface area contributed by atoms with Crippen LogP contribution in [0.4, 0.5) is 0 Å². The Balaban J connectivity index is 1.50. The molecule has 9 atom stereocenters. The van der Waals surface area contributed by atoms with E-state index < -0.39 is 0 Å².